The number of amides is 1. The fourth-order valence-corrected chi connectivity index (χ4v) is 5.42. The van der Waals surface area contributed by atoms with Gasteiger partial charge >= 0.3 is 0 Å². The van der Waals surface area contributed by atoms with E-state index in [1.165, 1.54) is 0 Å². The summed E-state index contributed by atoms with van der Waals surface area (Å²) in [5, 5.41) is 6.54. The predicted octanol–water partition coefficient (Wildman–Crippen LogP) is 3.16. The van der Waals surface area contributed by atoms with Gasteiger partial charge in [0.25, 0.3) is 5.91 Å². The standard InChI is InChI=1S/C22H23N3O4S/c1-29-17-7-9-18(10-8-17)30(27,28)19-11-13-25(14-12-19)22(26)21-15-20(23-24-21)16-5-3-2-4-6-16/h2-10,15,19H,11-14H2,1H3,(H,23,24). The van der Waals surface area contributed by atoms with Crippen LogP contribution < -0.4 is 4.74 Å². The molecule has 0 bridgehead atoms. The van der Waals surface area contributed by atoms with Crippen molar-refractivity contribution in [3.05, 3.63) is 66.4 Å². The summed E-state index contributed by atoms with van der Waals surface area (Å²) in [5.41, 5.74) is 2.04. The first kappa shape index (κ1) is 20.2. The molecule has 0 unspecified atom stereocenters. The Labute approximate surface area is 175 Å². The van der Waals surface area contributed by atoms with E-state index in [4.69, 9.17) is 4.74 Å². The highest BCUT2D eigenvalue weighted by atomic mass is 32.2. The number of H-pyrrole nitrogens is 1. The highest BCUT2D eigenvalue weighted by Gasteiger charge is 2.33. The molecule has 7 nitrogen and oxygen atoms in total. The van der Waals surface area contributed by atoms with Gasteiger partial charge in [-0.3, -0.25) is 9.89 Å². The Morgan fingerprint density at radius 2 is 1.73 bits per heavy atom. The number of hydrogen-bond acceptors (Lipinski definition) is 5. The first-order valence-electron chi connectivity index (χ1n) is 9.77. The molecule has 3 aromatic rings. The Hall–Kier alpha value is -3.13. The van der Waals surface area contributed by atoms with Crippen LogP contribution in [0.3, 0.4) is 0 Å². The summed E-state index contributed by atoms with van der Waals surface area (Å²) in [5.74, 6) is 0.453. The number of piperidine rings is 1. The van der Waals surface area contributed by atoms with Crippen molar-refractivity contribution in [3.8, 4) is 17.0 Å². The van der Waals surface area contributed by atoms with Gasteiger partial charge in [-0.2, -0.15) is 5.10 Å². The molecule has 1 aliphatic rings. The number of ether oxygens (including phenoxy) is 1. The van der Waals surface area contributed by atoms with E-state index < -0.39 is 15.1 Å². The lowest BCUT2D eigenvalue weighted by molar-refractivity contribution is 0.0719. The van der Waals surface area contributed by atoms with Crippen molar-refractivity contribution in [1.82, 2.24) is 15.1 Å². The number of nitrogens with one attached hydrogen (secondary N) is 1. The summed E-state index contributed by atoms with van der Waals surface area (Å²) in [7, 11) is -1.91. The average Bonchev–Trinajstić information content (AvgIpc) is 3.30. The van der Waals surface area contributed by atoms with Crippen molar-refractivity contribution in [2.45, 2.75) is 23.0 Å². The highest BCUT2D eigenvalue weighted by molar-refractivity contribution is 7.92. The van der Waals surface area contributed by atoms with Crippen LogP contribution in [0.5, 0.6) is 5.75 Å². The summed E-state index contributed by atoms with van der Waals surface area (Å²) < 4.78 is 31.0. The number of methoxy groups -OCH3 is 1. The minimum Gasteiger partial charge on any atom is -0.497 e. The van der Waals surface area contributed by atoms with Crippen molar-refractivity contribution in [2.75, 3.05) is 20.2 Å². The molecule has 0 atom stereocenters. The van der Waals surface area contributed by atoms with Crippen LogP contribution in [0.1, 0.15) is 23.3 Å². The van der Waals surface area contributed by atoms with E-state index in [1.54, 1.807) is 42.3 Å². The molecule has 0 radical (unpaired) electrons. The van der Waals surface area contributed by atoms with Crippen LogP contribution in [0.2, 0.25) is 0 Å². The summed E-state index contributed by atoms with van der Waals surface area (Å²) >= 11 is 0. The van der Waals surface area contributed by atoms with Gasteiger partial charge < -0.3 is 9.64 Å². The van der Waals surface area contributed by atoms with Gasteiger partial charge in [0.15, 0.2) is 9.84 Å². The smallest absolute Gasteiger partial charge is 0.271 e. The maximum Gasteiger partial charge on any atom is 0.271 e. The Morgan fingerprint density at radius 3 is 2.37 bits per heavy atom. The van der Waals surface area contributed by atoms with Crippen molar-refractivity contribution >= 4 is 15.7 Å². The van der Waals surface area contributed by atoms with Crippen LogP contribution >= 0.6 is 0 Å². The Kier molecular flexibility index (Phi) is 5.59. The predicted molar refractivity (Wildman–Crippen MR) is 113 cm³/mol. The van der Waals surface area contributed by atoms with Gasteiger partial charge in [0.1, 0.15) is 11.4 Å². The third kappa shape index (κ3) is 3.95. The maximum atomic E-state index is 12.9. The van der Waals surface area contributed by atoms with Crippen molar-refractivity contribution in [3.63, 3.8) is 0 Å². The van der Waals surface area contributed by atoms with E-state index in [9.17, 15) is 13.2 Å². The molecule has 4 rings (SSSR count). The Bertz CT molecular complexity index is 1120. The van der Waals surface area contributed by atoms with Gasteiger partial charge in [0, 0.05) is 18.7 Å². The molecule has 30 heavy (non-hydrogen) atoms. The summed E-state index contributed by atoms with van der Waals surface area (Å²) in [4.78, 5) is 14.8. The third-order valence-corrected chi connectivity index (χ3v) is 7.71. The lowest BCUT2D eigenvalue weighted by atomic mass is 10.1. The lowest BCUT2D eigenvalue weighted by Gasteiger charge is -2.31. The number of carbonyl (C=O) groups excluding carboxylic acids is 1. The number of carbonyl (C=O) groups is 1. The van der Waals surface area contributed by atoms with Crippen LogP contribution in [0.15, 0.2) is 65.6 Å². The molecule has 1 aromatic heterocycles. The second kappa shape index (κ2) is 8.31. The Balaban J connectivity index is 1.41. The number of likely N-dealkylation sites (tertiary alicyclic amines) is 1. The SMILES string of the molecule is COc1ccc(S(=O)(=O)C2CCN(C(=O)c3cc(-c4ccccc4)n[nH]3)CC2)cc1. The molecule has 1 saturated heterocycles. The molecule has 1 aliphatic heterocycles. The summed E-state index contributed by atoms with van der Waals surface area (Å²) in [6, 6.07) is 17.8. The van der Waals surface area contributed by atoms with E-state index >= 15 is 0 Å². The molecule has 0 aliphatic carbocycles. The lowest BCUT2D eigenvalue weighted by Crippen LogP contribution is -2.42. The van der Waals surface area contributed by atoms with Gasteiger partial charge in [-0.05, 0) is 43.2 Å². The van der Waals surface area contributed by atoms with Gasteiger partial charge in [-0.25, -0.2) is 8.42 Å². The maximum absolute atomic E-state index is 12.9. The molecular weight excluding hydrogens is 402 g/mol. The minimum absolute atomic E-state index is 0.162. The molecule has 1 fully saturated rings. The molecule has 8 heteroatoms. The number of benzene rings is 2. The van der Waals surface area contributed by atoms with Crippen LogP contribution in [-0.4, -0.2) is 54.9 Å². The molecule has 0 spiro atoms. The van der Waals surface area contributed by atoms with Gasteiger partial charge in [0.05, 0.1) is 22.9 Å². The van der Waals surface area contributed by atoms with E-state index in [-0.39, 0.29) is 10.8 Å². The molecule has 1 amide bonds. The average molecular weight is 426 g/mol. The molecule has 156 valence electrons. The van der Waals surface area contributed by atoms with Gasteiger partial charge in [-0.1, -0.05) is 30.3 Å². The van der Waals surface area contributed by atoms with Crippen LogP contribution in [0.4, 0.5) is 0 Å². The monoisotopic (exact) mass is 425 g/mol. The number of hydrogen-bond donors (Lipinski definition) is 1. The first-order valence-corrected chi connectivity index (χ1v) is 11.3. The van der Waals surface area contributed by atoms with Crippen molar-refractivity contribution < 1.29 is 17.9 Å². The molecule has 2 aromatic carbocycles. The first-order chi connectivity index (χ1) is 14.5. The number of nitrogens with zero attached hydrogens (tertiary/aromatic N) is 2. The molecule has 2 heterocycles. The van der Waals surface area contributed by atoms with Crippen LogP contribution in [-0.2, 0) is 9.84 Å². The zero-order valence-corrected chi connectivity index (χ0v) is 17.4. The fraction of sp³-hybridized carbons (Fsp3) is 0.273. The molecular formula is C22H23N3O4S. The second-order valence-electron chi connectivity index (χ2n) is 7.24. The summed E-state index contributed by atoms with van der Waals surface area (Å²) in [6.07, 6.45) is 0.805. The number of aromatic amines is 1. The van der Waals surface area contributed by atoms with E-state index in [0.717, 1.165) is 5.56 Å². The van der Waals surface area contributed by atoms with Gasteiger partial charge in [-0.15, -0.1) is 0 Å². The minimum atomic E-state index is -3.45. The quantitative estimate of drug-likeness (QED) is 0.678. The van der Waals surface area contributed by atoms with Crippen molar-refractivity contribution in [2.24, 2.45) is 0 Å². The summed E-state index contributed by atoms with van der Waals surface area (Å²) in [6.45, 7) is 0.775. The highest BCUT2D eigenvalue weighted by Crippen LogP contribution is 2.27. The second-order valence-corrected chi connectivity index (χ2v) is 9.47. The largest absolute Gasteiger partial charge is 0.497 e. The fourth-order valence-electron chi connectivity index (χ4n) is 3.69. The Morgan fingerprint density at radius 1 is 1.07 bits per heavy atom. The molecule has 1 N–H and O–H groups in total. The zero-order chi connectivity index (χ0) is 21.1. The normalized spacial score (nSPS) is 15.2. The van der Waals surface area contributed by atoms with Crippen LogP contribution in [0, 0.1) is 0 Å². The zero-order valence-electron chi connectivity index (χ0n) is 16.6. The molecule has 0 saturated carbocycles. The van der Waals surface area contributed by atoms with E-state index in [1.807, 2.05) is 30.3 Å². The van der Waals surface area contributed by atoms with E-state index in [2.05, 4.69) is 10.2 Å². The van der Waals surface area contributed by atoms with Gasteiger partial charge in [0.2, 0.25) is 0 Å². The van der Waals surface area contributed by atoms with E-state index in [0.29, 0.717) is 43.1 Å². The number of sulfone groups is 1. The topological polar surface area (TPSA) is 92.4 Å². The third-order valence-electron chi connectivity index (χ3n) is 5.43. The van der Waals surface area contributed by atoms with Crippen molar-refractivity contribution in [1.29, 1.82) is 0 Å². The van der Waals surface area contributed by atoms with Crippen LogP contribution in [0.25, 0.3) is 11.3 Å². The number of rotatable bonds is 5. The number of aromatic nitrogens is 2.